The van der Waals surface area contributed by atoms with Crippen molar-refractivity contribution in [2.75, 3.05) is 5.32 Å². The summed E-state index contributed by atoms with van der Waals surface area (Å²) in [6.07, 6.45) is 0. The Morgan fingerprint density at radius 2 is 2.32 bits per heavy atom. The lowest BCUT2D eigenvalue weighted by molar-refractivity contribution is -0.384. The highest BCUT2D eigenvalue weighted by molar-refractivity contribution is 14.1. The average Bonchev–Trinajstić information content (AvgIpc) is 2.86. The zero-order chi connectivity index (χ0) is 14.0. The summed E-state index contributed by atoms with van der Waals surface area (Å²) in [7, 11) is 0. The molecule has 100 valence electrons. The number of aromatic nitrogens is 4. The molecule has 0 radical (unpaired) electrons. The van der Waals surface area contributed by atoms with Gasteiger partial charge < -0.3 is 5.32 Å². The van der Waals surface area contributed by atoms with E-state index in [0.717, 1.165) is 6.07 Å². The normalized spacial score (nSPS) is 12.2. The van der Waals surface area contributed by atoms with E-state index >= 15 is 0 Å². The summed E-state index contributed by atoms with van der Waals surface area (Å²) in [6, 6.07) is 1.80. The molecule has 10 heteroatoms. The van der Waals surface area contributed by atoms with Crippen LogP contribution in [0.4, 0.5) is 15.8 Å². The molecule has 2 aromatic rings. The number of H-pyrrole nitrogens is 1. The van der Waals surface area contributed by atoms with Crippen molar-refractivity contribution in [1.82, 2.24) is 20.6 Å². The maximum Gasteiger partial charge on any atom is 0.293 e. The molecule has 0 bridgehead atoms. The van der Waals surface area contributed by atoms with Gasteiger partial charge in [-0.05, 0) is 29.5 Å². The summed E-state index contributed by atoms with van der Waals surface area (Å²) in [6.45, 7) is 1.68. The van der Waals surface area contributed by atoms with Gasteiger partial charge in [-0.25, -0.2) is 4.39 Å². The van der Waals surface area contributed by atoms with Crippen LogP contribution in [0.2, 0.25) is 0 Å². The number of aromatic amines is 1. The molecule has 19 heavy (non-hydrogen) atoms. The van der Waals surface area contributed by atoms with E-state index in [9.17, 15) is 14.5 Å². The van der Waals surface area contributed by atoms with E-state index in [1.807, 2.05) is 0 Å². The molecule has 0 amide bonds. The van der Waals surface area contributed by atoms with E-state index in [0.29, 0.717) is 5.82 Å². The van der Waals surface area contributed by atoms with Crippen LogP contribution in [0.15, 0.2) is 12.1 Å². The van der Waals surface area contributed by atoms with Crippen LogP contribution in [0.3, 0.4) is 0 Å². The maximum absolute atomic E-state index is 13.5. The standard InChI is InChI=1S/C9H8FIN6O2/c1-4(9-13-15-16-14-9)12-7-2-5(10)6(11)3-8(7)17(18)19/h2-4,12H,1H3,(H,13,14,15,16). The summed E-state index contributed by atoms with van der Waals surface area (Å²) in [5, 5.41) is 26.9. The Morgan fingerprint density at radius 1 is 1.58 bits per heavy atom. The molecule has 1 heterocycles. The molecule has 1 aromatic heterocycles. The second-order valence-corrected chi connectivity index (χ2v) is 4.84. The number of nitro benzene ring substituents is 1. The topological polar surface area (TPSA) is 110 Å². The van der Waals surface area contributed by atoms with Crippen LogP contribution in [-0.4, -0.2) is 25.5 Å². The van der Waals surface area contributed by atoms with Crippen LogP contribution < -0.4 is 5.32 Å². The van der Waals surface area contributed by atoms with Gasteiger partial charge in [0, 0.05) is 12.1 Å². The van der Waals surface area contributed by atoms with Crippen LogP contribution in [0.25, 0.3) is 0 Å². The quantitative estimate of drug-likeness (QED) is 0.479. The van der Waals surface area contributed by atoms with E-state index in [1.165, 1.54) is 6.07 Å². The van der Waals surface area contributed by atoms with Gasteiger partial charge in [-0.15, -0.1) is 10.2 Å². The Hall–Kier alpha value is -1.85. The van der Waals surface area contributed by atoms with Crippen molar-refractivity contribution in [3.63, 3.8) is 0 Å². The third-order valence-electron chi connectivity index (χ3n) is 2.36. The molecule has 0 saturated heterocycles. The first-order valence-electron chi connectivity index (χ1n) is 5.12. The first kappa shape index (κ1) is 13.6. The maximum atomic E-state index is 13.5. The fourth-order valence-corrected chi connectivity index (χ4v) is 1.90. The van der Waals surface area contributed by atoms with Crippen molar-refractivity contribution >= 4 is 34.0 Å². The minimum absolute atomic E-state index is 0.0696. The minimum Gasteiger partial charge on any atom is -0.370 e. The van der Waals surface area contributed by atoms with Gasteiger partial charge in [-0.2, -0.15) is 5.21 Å². The first-order valence-corrected chi connectivity index (χ1v) is 6.20. The number of nitrogens with zero attached hydrogens (tertiary/aromatic N) is 4. The number of hydrogen-bond acceptors (Lipinski definition) is 6. The van der Waals surface area contributed by atoms with Crippen LogP contribution in [-0.2, 0) is 0 Å². The molecule has 8 nitrogen and oxygen atoms in total. The van der Waals surface area contributed by atoms with Crippen LogP contribution in [0.5, 0.6) is 0 Å². The van der Waals surface area contributed by atoms with Gasteiger partial charge >= 0.3 is 0 Å². The van der Waals surface area contributed by atoms with E-state index < -0.39 is 16.8 Å². The Bertz CT molecular complexity index is 605. The molecule has 1 aromatic carbocycles. The lowest BCUT2D eigenvalue weighted by Gasteiger charge is -2.12. The minimum atomic E-state index is -0.577. The number of nitrogens with one attached hydrogen (secondary N) is 2. The highest BCUT2D eigenvalue weighted by Gasteiger charge is 2.20. The summed E-state index contributed by atoms with van der Waals surface area (Å²) >= 11 is 1.70. The second-order valence-electron chi connectivity index (χ2n) is 3.68. The summed E-state index contributed by atoms with van der Waals surface area (Å²) in [5.41, 5.74) is -0.138. The predicted molar refractivity (Wildman–Crippen MR) is 72.0 cm³/mol. The van der Waals surface area contributed by atoms with Gasteiger partial charge in [0.2, 0.25) is 0 Å². The molecule has 2 N–H and O–H groups in total. The van der Waals surface area contributed by atoms with Crippen molar-refractivity contribution in [2.24, 2.45) is 0 Å². The van der Waals surface area contributed by atoms with Crippen LogP contribution in [0, 0.1) is 19.5 Å². The van der Waals surface area contributed by atoms with Gasteiger partial charge in [0.1, 0.15) is 11.5 Å². The highest BCUT2D eigenvalue weighted by atomic mass is 127. The lowest BCUT2D eigenvalue weighted by Crippen LogP contribution is -2.10. The van der Waals surface area contributed by atoms with Crippen LogP contribution in [0.1, 0.15) is 18.8 Å². The zero-order valence-corrected chi connectivity index (χ0v) is 11.8. The van der Waals surface area contributed by atoms with E-state index in [2.05, 4.69) is 25.9 Å². The molecule has 1 unspecified atom stereocenters. The zero-order valence-electron chi connectivity index (χ0n) is 9.59. The first-order chi connectivity index (χ1) is 8.99. The third-order valence-corrected chi connectivity index (χ3v) is 3.18. The number of anilines is 1. The largest absolute Gasteiger partial charge is 0.370 e. The van der Waals surface area contributed by atoms with E-state index in [4.69, 9.17) is 0 Å². The molecule has 0 aliphatic rings. The number of halogens is 2. The monoisotopic (exact) mass is 378 g/mol. The van der Waals surface area contributed by atoms with Crippen molar-refractivity contribution in [1.29, 1.82) is 0 Å². The van der Waals surface area contributed by atoms with Gasteiger partial charge in [-0.3, -0.25) is 10.1 Å². The molecule has 1 atom stereocenters. The Kier molecular flexibility index (Phi) is 3.87. The fraction of sp³-hybridized carbons (Fsp3) is 0.222. The summed E-state index contributed by atoms with van der Waals surface area (Å²) in [4.78, 5) is 10.4. The second kappa shape index (κ2) is 5.42. The van der Waals surface area contributed by atoms with Crippen LogP contribution >= 0.6 is 22.6 Å². The average molecular weight is 378 g/mol. The Morgan fingerprint density at radius 3 is 2.89 bits per heavy atom. The van der Waals surface area contributed by atoms with Gasteiger partial charge in [0.15, 0.2) is 5.82 Å². The van der Waals surface area contributed by atoms with Gasteiger partial charge in [0.05, 0.1) is 14.5 Å². The summed E-state index contributed by atoms with van der Waals surface area (Å²) < 4.78 is 13.7. The number of benzene rings is 1. The molecular formula is C9H8FIN6O2. The summed E-state index contributed by atoms with van der Waals surface area (Å²) in [5.74, 6) is -0.206. The molecule has 0 aliphatic carbocycles. The molecule has 2 rings (SSSR count). The Labute approximate surface area is 120 Å². The molecule has 0 spiro atoms. The molecular weight excluding hydrogens is 370 g/mol. The lowest BCUT2D eigenvalue weighted by atomic mass is 10.2. The molecule has 0 aliphatic heterocycles. The van der Waals surface area contributed by atoms with E-state index in [-0.39, 0.29) is 14.9 Å². The third kappa shape index (κ3) is 2.94. The van der Waals surface area contributed by atoms with Crippen molar-refractivity contribution < 1.29 is 9.31 Å². The molecule has 0 saturated carbocycles. The van der Waals surface area contributed by atoms with Gasteiger partial charge in [-0.1, -0.05) is 5.21 Å². The number of rotatable bonds is 4. The van der Waals surface area contributed by atoms with Crippen molar-refractivity contribution in [2.45, 2.75) is 13.0 Å². The number of hydrogen-bond donors (Lipinski definition) is 2. The predicted octanol–water partition coefficient (Wildman–Crippen LogP) is 2.02. The van der Waals surface area contributed by atoms with E-state index in [1.54, 1.807) is 29.5 Å². The number of tetrazole rings is 1. The van der Waals surface area contributed by atoms with Crippen molar-refractivity contribution in [3.05, 3.63) is 37.5 Å². The van der Waals surface area contributed by atoms with Crippen molar-refractivity contribution in [3.8, 4) is 0 Å². The smallest absolute Gasteiger partial charge is 0.293 e. The SMILES string of the molecule is CC(Nc1cc(F)c(I)cc1[N+](=O)[O-])c1nn[nH]n1. The fourth-order valence-electron chi connectivity index (χ4n) is 1.45. The molecule has 0 fully saturated rings. The van der Waals surface area contributed by atoms with Gasteiger partial charge in [0.25, 0.3) is 5.69 Å². The number of nitro groups is 1. The highest BCUT2D eigenvalue weighted by Crippen LogP contribution is 2.30. The Balaban J connectivity index is 2.33.